The van der Waals surface area contributed by atoms with E-state index in [0.29, 0.717) is 0 Å². The van der Waals surface area contributed by atoms with Gasteiger partial charge in [0, 0.05) is 28.2 Å². The minimum absolute atomic E-state index is 0.757. The third kappa shape index (κ3) is 2.63. The van der Waals surface area contributed by atoms with E-state index in [0.717, 1.165) is 18.2 Å². The van der Waals surface area contributed by atoms with Crippen molar-refractivity contribution in [3.63, 3.8) is 0 Å². The van der Waals surface area contributed by atoms with Crippen LogP contribution < -0.4 is 5.32 Å². The number of hydrogen-bond acceptors (Lipinski definition) is 2. The van der Waals surface area contributed by atoms with Gasteiger partial charge in [0.25, 0.3) is 0 Å². The first kappa shape index (κ1) is 11.2. The Balaban J connectivity index is 2.16. The maximum absolute atomic E-state index is 4.25. The van der Waals surface area contributed by atoms with Gasteiger partial charge in [0.2, 0.25) is 5.95 Å². The second kappa shape index (κ2) is 5.16. The molecule has 0 aliphatic heterocycles. The molecular weight excluding hydrogens is 313 g/mol. The molecule has 1 aromatic carbocycles. The lowest BCUT2D eigenvalue weighted by Crippen LogP contribution is -2.01. The lowest BCUT2D eigenvalue weighted by Gasteiger charge is -2.07. The van der Waals surface area contributed by atoms with E-state index in [9.17, 15) is 0 Å². The lowest BCUT2D eigenvalue weighted by molar-refractivity contribution is 0.833. The molecule has 0 saturated carbocycles. The van der Waals surface area contributed by atoms with Gasteiger partial charge in [-0.3, -0.25) is 0 Å². The predicted octanol–water partition coefficient (Wildman–Crippen LogP) is 3.42. The fourth-order valence-electron chi connectivity index (χ4n) is 1.38. The van der Waals surface area contributed by atoms with Crippen molar-refractivity contribution in [3.8, 4) is 0 Å². The van der Waals surface area contributed by atoms with Crippen molar-refractivity contribution in [1.29, 1.82) is 0 Å². The lowest BCUT2D eigenvalue weighted by atomic mass is 10.3. The number of imidazole rings is 1. The summed E-state index contributed by atoms with van der Waals surface area (Å²) in [6.07, 6.45) is 5.55. The van der Waals surface area contributed by atoms with Crippen molar-refractivity contribution in [2.24, 2.45) is 0 Å². The Labute approximate surface area is 108 Å². The molecule has 16 heavy (non-hydrogen) atoms. The summed E-state index contributed by atoms with van der Waals surface area (Å²) in [6, 6.07) is 8.19. The molecule has 0 radical (unpaired) electrons. The zero-order chi connectivity index (χ0) is 11.4. The molecule has 0 aliphatic carbocycles. The SMILES string of the molecule is C=CCn1ccnc1Nc1ccc(I)cc1. The smallest absolute Gasteiger partial charge is 0.207 e. The highest BCUT2D eigenvalue weighted by atomic mass is 127. The molecule has 0 aliphatic rings. The highest BCUT2D eigenvalue weighted by molar-refractivity contribution is 14.1. The molecule has 4 heteroatoms. The molecule has 3 nitrogen and oxygen atoms in total. The second-order valence-electron chi connectivity index (χ2n) is 3.32. The maximum atomic E-state index is 4.25. The van der Waals surface area contributed by atoms with Crippen molar-refractivity contribution >= 4 is 34.2 Å². The summed E-state index contributed by atoms with van der Waals surface area (Å²) in [4.78, 5) is 4.25. The van der Waals surface area contributed by atoms with Gasteiger partial charge in [-0.15, -0.1) is 6.58 Å². The number of nitrogens with zero attached hydrogens (tertiary/aromatic N) is 2. The standard InChI is InChI=1S/C12H12IN3/c1-2-8-16-9-7-14-12(16)15-11-5-3-10(13)4-6-11/h2-7,9H,1,8H2,(H,14,15). The van der Waals surface area contributed by atoms with E-state index in [1.807, 2.05) is 29.0 Å². The first-order valence-corrected chi connectivity index (χ1v) is 6.02. The van der Waals surface area contributed by atoms with Gasteiger partial charge in [-0.1, -0.05) is 6.08 Å². The van der Waals surface area contributed by atoms with Crippen LogP contribution in [0.3, 0.4) is 0 Å². The molecule has 0 unspecified atom stereocenters. The van der Waals surface area contributed by atoms with E-state index in [4.69, 9.17) is 0 Å². The van der Waals surface area contributed by atoms with Crippen LogP contribution in [-0.4, -0.2) is 9.55 Å². The first-order chi connectivity index (χ1) is 7.79. The summed E-state index contributed by atoms with van der Waals surface area (Å²) in [7, 11) is 0. The Bertz CT molecular complexity index is 473. The zero-order valence-corrected chi connectivity index (χ0v) is 10.9. The van der Waals surface area contributed by atoms with Crippen molar-refractivity contribution in [3.05, 3.63) is 52.9 Å². The van der Waals surface area contributed by atoms with Gasteiger partial charge in [-0.25, -0.2) is 4.98 Å². The minimum Gasteiger partial charge on any atom is -0.326 e. The number of benzene rings is 1. The van der Waals surface area contributed by atoms with Gasteiger partial charge < -0.3 is 9.88 Å². The number of rotatable bonds is 4. The fraction of sp³-hybridized carbons (Fsp3) is 0.0833. The number of hydrogen-bond donors (Lipinski definition) is 1. The summed E-state index contributed by atoms with van der Waals surface area (Å²) in [5, 5.41) is 3.27. The summed E-state index contributed by atoms with van der Waals surface area (Å²) in [6.45, 7) is 4.47. The Morgan fingerprint density at radius 2 is 2.12 bits per heavy atom. The number of nitrogens with one attached hydrogen (secondary N) is 1. The van der Waals surface area contributed by atoms with Crippen molar-refractivity contribution in [2.45, 2.75) is 6.54 Å². The van der Waals surface area contributed by atoms with Crippen LogP contribution in [0.2, 0.25) is 0 Å². The van der Waals surface area contributed by atoms with E-state index in [1.54, 1.807) is 6.20 Å². The molecule has 0 fully saturated rings. The molecule has 0 spiro atoms. The summed E-state index contributed by atoms with van der Waals surface area (Å²) < 4.78 is 3.22. The van der Waals surface area contributed by atoms with Crippen LogP contribution in [0.15, 0.2) is 49.3 Å². The summed E-state index contributed by atoms with van der Waals surface area (Å²) in [5.74, 6) is 0.834. The molecule has 1 aromatic heterocycles. The highest BCUT2D eigenvalue weighted by Gasteiger charge is 2.01. The molecule has 0 bridgehead atoms. The quantitative estimate of drug-likeness (QED) is 0.690. The van der Waals surface area contributed by atoms with Gasteiger partial charge in [0.1, 0.15) is 0 Å². The summed E-state index contributed by atoms with van der Waals surface area (Å²) in [5.41, 5.74) is 1.04. The number of anilines is 2. The van der Waals surface area contributed by atoms with Gasteiger partial charge >= 0.3 is 0 Å². The van der Waals surface area contributed by atoms with Crippen LogP contribution in [0.5, 0.6) is 0 Å². The average molecular weight is 325 g/mol. The number of aromatic nitrogens is 2. The van der Waals surface area contributed by atoms with Crippen molar-refractivity contribution < 1.29 is 0 Å². The van der Waals surface area contributed by atoms with E-state index in [-0.39, 0.29) is 0 Å². The van der Waals surface area contributed by atoms with Gasteiger partial charge in [0.05, 0.1) is 0 Å². The van der Waals surface area contributed by atoms with E-state index in [1.165, 1.54) is 3.57 Å². The molecule has 0 amide bonds. The minimum atomic E-state index is 0.757. The molecule has 82 valence electrons. The molecule has 0 atom stereocenters. The Morgan fingerprint density at radius 1 is 1.38 bits per heavy atom. The molecule has 2 aromatic rings. The van der Waals surface area contributed by atoms with E-state index >= 15 is 0 Å². The van der Waals surface area contributed by atoms with Crippen LogP contribution in [0, 0.1) is 3.57 Å². The fourth-order valence-corrected chi connectivity index (χ4v) is 1.74. The third-order valence-corrected chi connectivity index (χ3v) is 2.86. The van der Waals surface area contributed by atoms with Crippen LogP contribution in [0.4, 0.5) is 11.6 Å². The van der Waals surface area contributed by atoms with E-state index in [2.05, 4.69) is 51.6 Å². The highest BCUT2D eigenvalue weighted by Crippen LogP contribution is 2.16. The molecular formula is C12H12IN3. The van der Waals surface area contributed by atoms with Crippen molar-refractivity contribution in [1.82, 2.24) is 9.55 Å². The Hall–Kier alpha value is -1.30. The second-order valence-corrected chi connectivity index (χ2v) is 4.57. The molecule has 1 N–H and O–H groups in total. The van der Waals surface area contributed by atoms with E-state index < -0.39 is 0 Å². The molecule has 0 saturated heterocycles. The molecule has 1 heterocycles. The Morgan fingerprint density at radius 3 is 2.81 bits per heavy atom. The average Bonchev–Trinajstić information content (AvgIpc) is 2.70. The maximum Gasteiger partial charge on any atom is 0.207 e. The zero-order valence-electron chi connectivity index (χ0n) is 8.73. The van der Waals surface area contributed by atoms with Crippen LogP contribution in [0.25, 0.3) is 0 Å². The van der Waals surface area contributed by atoms with Crippen LogP contribution in [0.1, 0.15) is 0 Å². The number of halogens is 1. The monoisotopic (exact) mass is 325 g/mol. The number of allylic oxidation sites excluding steroid dienone is 1. The first-order valence-electron chi connectivity index (χ1n) is 4.94. The topological polar surface area (TPSA) is 29.9 Å². The third-order valence-electron chi connectivity index (χ3n) is 2.14. The Kier molecular flexibility index (Phi) is 3.61. The van der Waals surface area contributed by atoms with Gasteiger partial charge in [-0.2, -0.15) is 0 Å². The van der Waals surface area contributed by atoms with Crippen molar-refractivity contribution in [2.75, 3.05) is 5.32 Å². The van der Waals surface area contributed by atoms with Gasteiger partial charge in [-0.05, 0) is 46.9 Å². The molecule has 2 rings (SSSR count). The summed E-state index contributed by atoms with van der Waals surface area (Å²) >= 11 is 2.28. The van der Waals surface area contributed by atoms with Crippen LogP contribution in [-0.2, 0) is 6.54 Å². The normalized spacial score (nSPS) is 10.1. The van der Waals surface area contributed by atoms with Crippen LogP contribution >= 0.6 is 22.6 Å². The largest absolute Gasteiger partial charge is 0.326 e. The van der Waals surface area contributed by atoms with Gasteiger partial charge in [0.15, 0.2) is 0 Å². The predicted molar refractivity (Wildman–Crippen MR) is 74.9 cm³/mol.